The molecule has 0 saturated heterocycles. The van der Waals surface area contributed by atoms with Gasteiger partial charge in [0.25, 0.3) is 0 Å². The van der Waals surface area contributed by atoms with Crippen LogP contribution in [-0.4, -0.2) is 6.36 Å². The fourth-order valence-corrected chi connectivity index (χ4v) is 2.84. The van der Waals surface area contributed by atoms with E-state index in [9.17, 15) is 13.2 Å². The molecule has 2 N–H and O–H groups in total. The lowest BCUT2D eigenvalue weighted by molar-refractivity contribution is -0.274. The highest BCUT2D eigenvalue weighted by Crippen LogP contribution is 2.47. The van der Waals surface area contributed by atoms with Crippen molar-refractivity contribution in [2.24, 2.45) is 11.1 Å². The first-order chi connectivity index (χ1) is 8.60. The highest BCUT2D eigenvalue weighted by atomic mass is 19.4. The minimum atomic E-state index is -4.67. The Morgan fingerprint density at radius 2 is 1.89 bits per heavy atom. The quantitative estimate of drug-likeness (QED) is 0.885. The van der Waals surface area contributed by atoms with Gasteiger partial charge in [0.1, 0.15) is 5.75 Å². The van der Waals surface area contributed by atoms with Crippen molar-refractivity contribution in [2.45, 2.75) is 45.0 Å². The minimum Gasteiger partial charge on any atom is -0.406 e. The minimum absolute atomic E-state index is 0.121. The first kappa shape index (κ1) is 14.2. The van der Waals surface area contributed by atoms with E-state index in [-0.39, 0.29) is 11.2 Å². The number of hydrogen-bond donors (Lipinski definition) is 1. The van der Waals surface area contributed by atoms with Crippen LogP contribution >= 0.6 is 0 Å². The number of hydrogen-bond acceptors (Lipinski definition) is 2. The van der Waals surface area contributed by atoms with Gasteiger partial charge in [-0.15, -0.1) is 13.2 Å². The lowest BCUT2D eigenvalue weighted by Gasteiger charge is -2.27. The van der Waals surface area contributed by atoms with Gasteiger partial charge in [0.15, 0.2) is 0 Å². The zero-order valence-electron chi connectivity index (χ0n) is 11.1. The molecular formula is C14H18F3NO. The summed E-state index contributed by atoms with van der Waals surface area (Å²) in [6.07, 6.45) is -2.17. The average Bonchev–Trinajstić information content (AvgIpc) is 2.52. The third kappa shape index (κ3) is 3.41. The molecule has 1 aromatic carbocycles. The topological polar surface area (TPSA) is 35.2 Å². The SMILES string of the molecule is CC1(C)CCC(N)(c2cccc(OC(F)(F)F)c2)C1. The van der Waals surface area contributed by atoms with Gasteiger partial charge in [-0.3, -0.25) is 0 Å². The fraction of sp³-hybridized carbons (Fsp3) is 0.571. The number of halogens is 3. The Morgan fingerprint density at radius 3 is 2.42 bits per heavy atom. The van der Waals surface area contributed by atoms with Gasteiger partial charge in [-0.2, -0.15) is 0 Å². The number of nitrogens with two attached hydrogens (primary N) is 1. The van der Waals surface area contributed by atoms with Gasteiger partial charge in [-0.1, -0.05) is 26.0 Å². The summed E-state index contributed by atoms with van der Waals surface area (Å²) >= 11 is 0. The first-order valence-electron chi connectivity index (χ1n) is 6.25. The number of alkyl halides is 3. The molecule has 0 heterocycles. The molecule has 0 bridgehead atoms. The Morgan fingerprint density at radius 1 is 1.21 bits per heavy atom. The predicted molar refractivity (Wildman–Crippen MR) is 66.6 cm³/mol. The number of ether oxygens (including phenoxy) is 1. The average molecular weight is 273 g/mol. The van der Waals surface area contributed by atoms with E-state index in [0.29, 0.717) is 5.56 Å². The van der Waals surface area contributed by atoms with Gasteiger partial charge in [0.05, 0.1) is 0 Å². The van der Waals surface area contributed by atoms with Gasteiger partial charge >= 0.3 is 6.36 Å². The molecule has 0 radical (unpaired) electrons. The normalized spacial score (nSPS) is 26.4. The van der Waals surface area contributed by atoms with Gasteiger partial charge in [0.2, 0.25) is 0 Å². The van der Waals surface area contributed by atoms with Crippen LogP contribution in [0, 0.1) is 5.41 Å². The summed E-state index contributed by atoms with van der Waals surface area (Å²) in [5.74, 6) is -0.209. The van der Waals surface area contributed by atoms with Crippen molar-refractivity contribution in [2.75, 3.05) is 0 Å². The Hall–Kier alpha value is -1.23. The summed E-state index contributed by atoms with van der Waals surface area (Å²) < 4.78 is 40.6. The molecule has 0 aliphatic heterocycles. The zero-order chi connectivity index (χ0) is 14.3. The molecule has 1 aromatic rings. The highest BCUT2D eigenvalue weighted by Gasteiger charge is 2.41. The van der Waals surface area contributed by atoms with Crippen molar-refractivity contribution in [3.63, 3.8) is 0 Å². The third-order valence-corrected chi connectivity index (χ3v) is 3.68. The summed E-state index contributed by atoms with van der Waals surface area (Å²) in [6, 6.07) is 6.01. The largest absolute Gasteiger partial charge is 0.573 e. The first-order valence-corrected chi connectivity index (χ1v) is 6.25. The number of benzene rings is 1. The molecule has 106 valence electrons. The molecule has 1 aliphatic carbocycles. The van der Waals surface area contributed by atoms with E-state index in [2.05, 4.69) is 18.6 Å². The maximum absolute atomic E-state index is 12.2. The molecule has 1 saturated carbocycles. The van der Waals surface area contributed by atoms with Crippen LogP contribution in [0.15, 0.2) is 24.3 Å². The molecular weight excluding hydrogens is 255 g/mol. The Balaban J connectivity index is 2.24. The molecule has 1 fully saturated rings. The Kier molecular flexibility index (Phi) is 3.29. The van der Waals surface area contributed by atoms with Crippen LogP contribution in [0.5, 0.6) is 5.75 Å². The standard InChI is InChI=1S/C14H18F3NO/c1-12(2)6-7-13(18,9-12)10-4-3-5-11(8-10)19-14(15,16)17/h3-5,8H,6-7,9,18H2,1-2H3. The Bertz CT molecular complexity index is 470. The maximum atomic E-state index is 12.2. The summed E-state index contributed by atoms with van der Waals surface area (Å²) in [7, 11) is 0. The van der Waals surface area contributed by atoms with Crippen LogP contribution in [-0.2, 0) is 5.54 Å². The molecule has 0 spiro atoms. The maximum Gasteiger partial charge on any atom is 0.573 e. The van der Waals surface area contributed by atoms with Gasteiger partial charge in [0, 0.05) is 5.54 Å². The van der Waals surface area contributed by atoms with Crippen molar-refractivity contribution in [3.8, 4) is 5.75 Å². The van der Waals surface area contributed by atoms with Crippen molar-refractivity contribution in [1.29, 1.82) is 0 Å². The summed E-state index contributed by atoms with van der Waals surface area (Å²) in [5.41, 5.74) is 6.62. The van der Waals surface area contributed by atoms with E-state index >= 15 is 0 Å². The van der Waals surface area contributed by atoms with Crippen molar-refractivity contribution < 1.29 is 17.9 Å². The second-order valence-corrected chi connectivity index (χ2v) is 6.07. The van der Waals surface area contributed by atoms with Crippen LogP contribution in [0.2, 0.25) is 0 Å². The highest BCUT2D eigenvalue weighted by molar-refractivity contribution is 5.34. The molecule has 0 amide bonds. The second kappa shape index (κ2) is 4.40. The van der Waals surface area contributed by atoms with Crippen molar-refractivity contribution in [3.05, 3.63) is 29.8 Å². The summed E-state index contributed by atoms with van der Waals surface area (Å²) in [6.45, 7) is 4.25. The van der Waals surface area contributed by atoms with Crippen LogP contribution in [0.25, 0.3) is 0 Å². The number of rotatable bonds is 2. The Labute approximate surface area is 110 Å². The van der Waals surface area contributed by atoms with Gasteiger partial charge < -0.3 is 10.5 Å². The summed E-state index contributed by atoms with van der Waals surface area (Å²) in [4.78, 5) is 0. The third-order valence-electron chi connectivity index (χ3n) is 3.68. The van der Waals surface area contributed by atoms with E-state index in [1.807, 2.05) is 0 Å². The van der Waals surface area contributed by atoms with Crippen LogP contribution in [0.4, 0.5) is 13.2 Å². The lowest BCUT2D eigenvalue weighted by Crippen LogP contribution is -2.34. The van der Waals surface area contributed by atoms with Crippen LogP contribution < -0.4 is 10.5 Å². The lowest BCUT2D eigenvalue weighted by atomic mass is 9.84. The fourth-order valence-electron chi connectivity index (χ4n) is 2.84. The molecule has 2 rings (SSSR count). The molecule has 1 unspecified atom stereocenters. The predicted octanol–water partition coefficient (Wildman–Crippen LogP) is 3.95. The van der Waals surface area contributed by atoms with E-state index < -0.39 is 11.9 Å². The second-order valence-electron chi connectivity index (χ2n) is 6.07. The van der Waals surface area contributed by atoms with Crippen LogP contribution in [0.3, 0.4) is 0 Å². The van der Waals surface area contributed by atoms with Crippen molar-refractivity contribution in [1.82, 2.24) is 0 Å². The van der Waals surface area contributed by atoms with E-state index in [0.717, 1.165) is 19.3 Å². The van der Waals surface area contributed by atoms with E-state index in [4.69, 9.17) is 5.73 Å². The molecule has 19 heavy (non-hydrogen) atoms. The smallest absolute Gasteiger partial charge is 0.406 e. The monoisotopic (exact) mass is 273 g/mol. The summed E-state index contributed by atoms with van der Waals surface area (Å²) in [5, 5.41) is 0. The van der Waals surface area contributed by atoms with E-state index in [1.165, 1.54) is 12.1 Å². The molecule has 0 aromatic heterocycles. The zero-order valence-corrected chi connectivity index (χ0v) is 11.1. The molecule has 1 atom stereocenters. The molecule has 1 aliphatic rings. The van der Waals surface area contributed by atoms with Gasteiger partial charge in [-0.05, 0) is 42.4 Å². The van der Waals surface area contributed by atoms with Gasteiger partial charge in [-0.25, -0.2) is 0 Å². The van der Waals surface area contributed by atoms with Crippen molar-refractivity contribution >= 4 is 0 Å². The van der Waals surface area contributed by atoms with E-state index in [1.54, 1.807) is 12.1 Å². The van der Waals surface area contributed by atoms with Crippen LogP contribution in [0.1, 0.15) is 38.7 Å². The molecule has 5 heteroatoms. The molecule has 2 nitrogen and oxygen atoms in total.